The maximum Gasteiger partial charge on any atom is 0.490 e. The van der Waals surface area contributed by atoms with Crippen LogP contribution >= 0.6 is 0 Å². The number of hydrogen-bond acceptors (Lipinski definition) is 4. The number of aliphatic carboxylic acids is 1. The highest BCUT2D eigenvalue weighted by Crippen LogP contribution is 2.21. The number of anilines is 1. The minimum absolute atomic E-state index is 0.0268. The van der Waals surface area contributed by atoms with Gasteiger partial charge in [-0.25, -0.2) is 14.6 Å². The number of nitrogens with zero attached hydrogens (tertiary/aromatic N) is 4. The number of hydrogen-bond donors (Lipinski definition) is 2. The molecule has 1 aromatic carbocycles. The first-order valence-electron chi connectivity index (χ1n) is 10.8. The molecule has 4 rings (SSSR count). The van der Waals surface area contributed by atoms with Crippen molar-refractivity contribution >= 4 is 17.7 Å². The maximum absolute atomic E-state index is 12.8. The summed E-state index contributed by atoms with van der Waals surface area (Å²) in [5.74, 6) is -2.76. The smallest absolute Gasteiger partial charge is 0.475 e. The van der Waals surface area contributed by atoms with Gasteiger partial charge in [0.05, 0.1) is 24.3 Å². The van der Waals surface area contributed by atoms with E-state index in [-0.39, 0.29) is 6.03 Å². The van der Waals surface area contributed by atoms with E-state index in [4.69, 9.17) is 9.90 Å². The number of imidazole rings is 1. The van der Waals surface area contributed by atoms with E-state index < -0.39 is 12.1 Å². The SMILES string of the molecule is Cc1ccccc1NC(=O)N1CCCn2cnc(CN3CCCC3)c2C1.O=C(O)C(F)(F)F. The van der Waals surface area contributed by atoms with E-state index in [0.717, 1.165) is 56.1 Å². The van der Waals surface area contributed by atoms with Crippen LogP contribution in [0.2, 0.25) is 0 Å². The minimum Gasteiger partial charge on any atom is -0.475 e. The molecule has 0 unspecified atom stereocenters. The third-order valence-electron chi connectivity index (χ3n) is 5.69. The Morgan fingerprint density at radius 2 is 1.76 bits per heavy atom. The first-order chi connectivity index (χ1) is 15.6. The topological polar surface area (TPSA) is 90.7 Å². The number of carboxylic acids is 1. The molecule has 0 saturated carbocycles. The number of benzene rings is 1. The van der Waals surface area contributed by atoms with E-state index >= 15 is 0 Å². The zero-order chi connectivity index (χ0) is 24.0. The number of urea groups is 1. The van der Waals surface area contributed by atoms with Crippen molar-refractivity contribution in [2.75, 3.05) is 25.0 Å². The summed E-state index contributed by atoms with van der Waals surface area (Å²) < 4.78 is 34.0. The summed E-state index contributed by atoms with van der Waals surface area (Å²) in [6, 6.07) is 7.88. The zero-order valence-corrected chi connectivity index (χ0v) is 18.4. The summed E-state index contributed by atoms with van der Waals surface area (Å²) >= 11 is 0. The number of halogens is 3. The molecule has 8 nitrogen and oxygen atoms in total. The molecule has 3 heterocycles. The fraction of sp³-hybridized carbons (Fsp3) is 0.500. The molecule has 0 atom stereocenters. The summed E-state index contributed by atoms with van der Waals surface area (Å²) in [4.78, 5) is 30.8. The fourth-order valence-electron chi connectivity index (χ4n) is 3.88. The largest absolute Gasteiger partial charge is 0.490 e. The van der Waals surface area contributed by atoms with Gasteiger partial charge in [0.1, 0.15) is 0 Å². The van der Waals surface area contributed by atoms with E-state index in [1.165, 1.54) is 18.5 Å². The lowest BCUT2D eigenvalue weighted by molar-refractivity contribution is -0.192. The van der Waals surface area contributed by atoms with Crippen LogP contribution < -0.4 is 5.32 Å². The second-order valence-electron chi connectivity index (χ2n) is 8.14. The van der Waals surface area contributed by atoms with Crippen molar-refractivity contribution in [2.45, 2.75) is 52.0 Å². The lowest BCUT2D eigenvalue weighted by atomic mass is 10.2. The van der Waals surface area contributed by atoms with E-state index in [1.807, 2.05) is 42.4 Å². The van der Waals surface area contributed by atoms with Crippen molar-refractivity contribution in [1.29, 1.82) is 0 Å². The zero-order valence-electron chi connectivity index (χ0n) is 18.4. The number of aryl methyl sites for hydroxylation is 2. The van der Waals surface area contributed by atoms with Crippen LogP contribution in [-0.2, 0) is 24.4 Å². The van der Waals surface area contributed by atoms with Gasteiger partial charge in [-0.1, -0.05) is 18.2 Å². The number of fused-ring (bicyclic) bond motifs is 1. The van der Waals surface area contributed by atoms with Crippen LogP contribution in [0.4, 0.5) is 23.7 Å². The highest BCUT2D eigenvalue weighted by Gasteiger charge is 2.38. The summed E-state index contributed by atoms with van der Waals surface area (Å²) in [7, 11) is 0. The van der Waals surface area contributed by atoms with Gasteiger partial charge in [0.2, 0.25) is 0 Å². The molecule has 2 amide bonds. The van der Waals surface area contributed by atoms with Crippen molar-refractivity contribution in [3.63, 3.8) is 0 Å². The maximum atomic E-state index is 12.8. The van der Waals surface area contributed by atoms with Crippen LogP contribution in [-0.4, -0.2) is 62.3 Å². The molecule has 180 valence electrons. The van der Waals surface area contributed by atoms with Crippen molar-refractivity contribution in [2.24, 2.45) is 0 Å². The highest BCUT2D eigenvalue weighted by molar-refractivity contribution is 5.90. The normalized spacial score (nSPS) is 16.4. The summed E-state index contributed by atoms with van der Waals surface area (Å²) in [6.07, 6.45) is 0.374. The molecule has 2 aliphatic rings. The summed E-state index contributed by atoms with van der Waals surface area (Å²) in [5, 5.41) is 10.2. The van der Waals surface area contributed by atoms with Crippen molar-refractivity contribution < 1.29 is 27.9 Å². The molecular formula is C22H28F3N5O3. The molecule has 2 aliphatic heterocycles. The van der Waals surface area contributed by atoms with Gasteiger partial charge in [0.15, 0.2) is 0 Å². The van der Waals surface area contributed by atoms with Crippen molar-refractivity contribution in [1.82, 2.24) is 19.4 Å². The number of amides is 2. The second-order valence-corrected chi connectivity index (χ2v) is 8.14. The Hall–Kier alpha value is -3.08. The van der Waals surface area contributed by atoms with Crippen LogP contribution in [0, 0.1) is 6.92 Å². The number of nitrogens with one attached hydrogen (secondary N) is 1. The summed E-state index contributed by atoms with van der Waals surface area (Å²) in [5.41, 5.74) is 4.28. The lowest BCUT2D eigenvalue weighted by Gasteiger charge is -2.22. The van der Waals surface area contributed by atoms with Crippen molar-refractivity contribution in [3.05, 3.63) is 47.5 Å². The molecule has 11 heteroatoms. The first kappa shape index (κ1) is 24.6. The van der Waals surface area contributed by atoms with Gasteiger partial charge in [-0.05, 0) is 50.9 Å². The Labute approximate surface area is 190 Å². The van der Waals surface area contributed by atoms with Crippen LogP contribution in [0.25, 0.3) is 0 Å². The molecule has 0 bridgehead atoms. The molecule has 2 N–H and O–H groups in total. The number of aromatic nitrogens is 2. The van der Waals surface area contributed by atoms with Gasteiger partial charge in [-0.15, -0.1) is 0 Å². The van der Waals surface area contributed by atoms with Gasteiger partial charge >= 0.3 is 18.2 Å². The van der Waals surface area contributed by atoms with E-state index in [9.17, 15) is 18.0 Å². The molecule has 33 heavy (non-hydrogen) atoms. The number of carbonyl (C=O) groups excluding carboxylic acids is 1. The number of carbonyl (C=O) groups is 2. The lowest BCUT2D eigenvalue weighted by Crippen LogP contribution is -2.35. The standard InChI is InChI=1S/C20H27N5O.C2HF3O2/c1-16-7-2-3-8-17(16)22-20(26)24-11-6-12-25-15-21-18(19(25)14-24)13-23-9-4-5-10-23;3-2(4,5)1(6)7/h2-3,7-8,15H,4-6,9-14H2,1H3,(H,22,26);(H,6,7). The third kappa shape index (κ3) is 6.70. The van der Waals surface area contributed by atoms with E-state index in [0.29, 0.717) is 6.54 Å². The Balaban J connectivity index is 0.000000383. The molecule has 1 aromatic heterocycles. The average molecular weight is 467 g/mol. The Kier molecular flexibility index (Phi) is 7.96. The van der Waals surface area contributed by atoms with Gasteiger partial charge in [0, 0.05) is 25.3 Å². The van der Waals surface area contributed by atoms with E-state index in [1.54, 1.807) is 0 Å². The summed E-state index contributed by atoms with van der Waals surface area (Å²) in [6.45, 7) is 7.55. The Morgan fingerprint density at radius 1 is 1.09 bits per heavy atom. The quantitative estimate of drug-likeness (QED) is 0.716. The number of alkyl halides is 3. The van der Waals surface area contributed by atoms with Crippen LogP contribution in [0.1, 0.15) is 36.2 Å². The predicted molar refractivity (Wildman–Crippen MR) is 116 cm³/mol. The molecular weight excluding hydrogens is 439 g/mol. The fourth-order valence-corrected chi connectivity index (χ4v) is 3.88. The third-order valence-corrected chi connectivity index (χ3v) is 5.69. The minimum atomic E-state index is -5.08. The number of likely N-dealkylation sites (tertiary alicyclic amines) is 1. The molecule has 0 aliphatic carbocycles. The average Bonchev–Trinajstić information content (AvgIpc) is 3.34. The second kappa shape index (κ2) is 10.7. The molecule has 0 spiro atoms. The number of para-hydroxylation sites is 1. The first-order valence-corrected chi connectivity index (χ1v) is 10.8. The van der Waals surface area contributed by atoms with Gasteiger partial charge < -0.3 is 19.9 Å². The van der Waals surface area contributed by atoms with Crippen molar-refractivity contribution in [3.8, 4) is 0 Å². The highest BCUT2D eigenvalue weighted by atomic mass is 19.4. The monoisotopic (exact) mass is 467 g/mol. The van der Waals surface area contributed by atoms with E-state index in [2.05, 4.69) is 19.8 Å². The number of rotatable bonds is 3. The van der Waals surface area contributed by atoms with Crippen LogP contribution in [0.15, 0.2) is 30.6 Å². The molecule has 1 fully saturated rings. The van der Waals surface area contributed by atoms with Gasteiger partial charge in [0.25, 0.3) is 0 Å². The Morgan fingerprint density at radius 3 is 2.39 bits per heavy atom. The Bertz CT molecular complexity index is 970. The predicted octanol–water partition coefficient (Wildman–Crippen LogP) is 3.86. The molecule has 0 radical (unpaired) electrons. The van der Waals surface area contributed by atoms with Crippen LogP contribution in [0.3, 0.4) is 0 Å². The van der Waals surface area contributed by atoms with Gasteiger partial charge in [-0.3, -0.25) is 4.90 Å². The molecule has 1 saturated heterocycles. The van der Waals surface area contributed by atoms with Gasteiger partial charge in [-0.2, -0.15) is 13.2 Å². The number of carboxylic acid groups (broad SMARTS) is 1. The van der Waals surface area contributed by atoms with Crippen LogP contribution in [0.5, 0.6) is 0 Å². The molecule has 2 aromatic rings.